The van der Waals surface area contributed by atoms with Crippen LogP contribution in [-0.4, -0.2) is 17.4 Å². The molecule has 0 aliphatic heterocycles. The van der Waals surface area contributed by atoms with Crippen LogP contribution in [0.15, 0.2) is 36.4 Å². The fourth-order valence-electron chi connectivity index (χ4n) is 2.13. The fourth-order valence-corrected chi connectivity index (χ4v) is 2.32. The summed E-state index contributed by atoms with van der Waals surface area (Å²) in [6.07, 6.45) is -4.00. The Bertz CT molecular complexity index is 872. The van der Waals surface area contributed by atoms with Gasteiger partial charge in [-0.2, -0.15) is 13.2 Å². The zero-order valence-electron chi connectivity index (χ0n) is 14.0. The third kappa shape index (κ3) is 5.10. The number of nitro groups is 1. The Morgan fingerprint density at radius 1 is 1.26 bits per heavy atom. The second-order valence-electron chi connectivity index (χ2n) is 5.43. The minimum absolute atomic E-state index is 0.0571. The van der Waals surface area contributed by atoms with E-state index < -0.39 is 28.3 Å². The predicted octanol–water partition coefficient (Wildman–Crippen LogP) is 5.31. The molecule has 0 heterocycles. The molecule has 0 spiro atoms. The average Bonchev–Trinajstić information content (AvgIpc) is 2.59. The van der Waals surface area contributed by atoms with Gasteiger partial charge in [0.25, 0.3) is 11.6 Å². The van der Waals surface area contributed by atoms with Crippen molar-refractivity contribution in [1.29, 1.82) is 0 Å². The zero-order valence-corrected chi connectivity index (χ0v) is 14.7. The van der Waals surface area contributed by atoms with E-state index in [0.29, 0.717) is 6.42 Å². The number of anilines is 1. The number of halogens is 4. The molecule has 0 radical (unpaired) electrons. The molecule has 6 nitrogen and oxygen atoms in total. The highest BCUT2D eigenvalue weighted by atomic mass is 35.5. The highest BCUT2D eigenvalue weighted by Gasteiger charge is 2.31. The Hall–Kier alpha value is -2.81. The van der Waals surface area contributed by atoms with Gasteiger partial charge in [0.1, 0.15) is 10.8 Å². The van der Waals surface area contributed by atoms with Crippen molar-refractivity contribution in [2.45, 2.75) is 19.5 Å². The van der Waals surface area contributed by atoms with Crippen molar-refractivity contribution in [3.63, 3.8) is 0 Å². The maximum absolute atomic E-state index is 13.0. The van der Waals surface area contributed by atoms with Gasteiger partial charge in [-0.05, 0) is 36.8 Å². The van der Waals surface area contributed by atoms with Crippen molar-refractivity contribution < 1.29 is 27.6 Å². The molecule has 10 heteroatoms. The number of hydrogen-bond acceptors (Lipinski definition) is 4. The van der Waals surface area contributed by atoms with Crippen LogP contribution in [0.1, 0.15) is 29.3 Å². The SMILES string of the molecule is CCCOc1ccc(C(F)(F)F)cc1NC(=O)c1ccc(Cl)c([N+](=O)[O-])c1. The summed E-state index contributed by atoms with van der Waals surface area (Å²) in [6, 6.07) is 6.03. The number of benzene rings is 2. The monoisotopic (exact) mass is 402 g/mol. The van der Waals surface area contributed by atoms with E-state index in [2.05, 4.69) is 5.32 Å². The van der Waals surface area contributed by atoms with Gasteiger partial charge in [0.05, 0.1) is 22.8 Å². The summed E-state index contributed by atoms with van der Waals surface area (Å²) in [5.74, 6) is -0.780. The van der Waals surface area contributed by atoms with E-state index in [9.17, 15) is 28.1 Å². The molecule has 0 aromatic heterocycles. The van der Waals surface area contributed by atoms with Gasteiger partial charge in [0, 0.05) is 11.6 Å². The van der Waals surface area contributed by atoms with Crippen molar-refractivity contribution >= 4 is 28.9 Å². The van der Waals surface area contributed by atoms with E-state index in [-0.39, 0.29) is 28.6 Å². The summed E-state index contributed by atoms with van der Waals surface area (Å²) in [5.41, 5.74) is -1.79. The summed E-state index contributed by atoms with van der Waals surface area (Å²) in [5, 5.41) is 13.1. The average molecular weight is 403 g/mol. The van der Waals surface area contributed by atoms with Crippen LogP contribution in [0.25, 0.3) is 0 Å². The fraction of sp³-hybridized carbons (Fsp3) is 0.235. The molecule has 2 rings (SSSR count). The van der Waals surface area contributed by atoms with Gasteiger partial charge in [-0.3, -0.25) is 14.9 Å². The first kappa shape index (κ1) is 20.5. The molecule has 0 saturated carbocycles. The summed E-state index contributed by atoms with van der Waals surface area (Å²) < 4.78 is 44.2. The quantitative estimate of drug-likeness (QED) is 0.524. The molecule has 0 fully saturated rings. The van der Waals surface area contributed by atoms with Crippen LogP contribution in [-0.2, 0) is 6.18 Å². The second kappa shape index (κ2) is 8.26. The first-order valence-electron chi connectivity index (χ1n) is 7.72. The van der Waals surface area contributed by atoms with E-state index in [4.69, 9.17) is 16.3 Å². The molecule has 0 atom stereocenters. The van der Waals surface area contributed by atoms with E-state index in [0.717, 1.165) is 30.3 Å². The third-order valence-electron chi connectivity index (χ3n) is 3.42. The van der Waals surface area contributed by atoms with Crippen LogP contribution in [0.4, 0.5) is 24.5 Å². The maximum atomic E-state index is 13.0. The lowest BCUT2D eigenvalue weighted by molar-refractivity contribution is -0.384. The van der Waals surface area contributed by atoms with Crippen LogP contribution < -0.4 is 10.1 Å². The van der Waals surface area contributed by atoms with Gasteiger partial charge >= 0.3 is 6.18 Å². The lowest BCUT2D eigenvalue weighted by Gasteiger charge is -2.15. The number of amides is 1. The van der Waals surface area contributed by atoms with Crippen molar-refractivity contribution in [3.05, 3.63) is 62.7 Å². The molecule has 0 aliphatic carbocycles. The molecule has 1 N–H and O–H groups in total. The molecule has 144 valence electrons. The largest absolute Gasteiger partial charge is 0.491 e. The molecule has 27 heavy (non-hydrogen) atoms. The molecule has 0 bridgehead atoms. The molecule has 0 saturated heterocycles. The van der Waals surface area contributed by atoms with Gasteiger partial charge in [-0.25, -0.2) is 0 Å². The molecule has 0 unspecified atom stereocenters. The van der Waals surface area contributed by atoms with E-state index in [1.807, 2.05) is 6.92 Å². The van der Waals surface area contributed by atoms with Crippen LogP contribution in [0.2, 0.25) is 5.02 Å². The minimum atomic E-state index is -4.61. The van der Waals surface area contributed by atoms with Crippen LogP contribution in [0, 0.1) is 10.1 Å². The normalized spacial score (nSPS) is 11.1. The van der Waals surface area contributed by atoms with Gasteiger partial charge in [0.2, 0.25) is 0 Å². The van der Waals surface area contributed by atoms with Crippen molar-refractivity contribution in [2.24, 2.45) is 0 Å². The van der Waals surface area contributed by atoms with E-state index in [1.54, 1.807) is 0 Å². The number of nitrogens with zero attached hydrogens (tertiary/aromatic N) is 1. The minimum Gasteiger partial charge on any atom is -0.491 e. The van der Waals surface area contributed by atoms with Gasteiger partial charge < -0.3 is 10.1 Å². The maximum Gasteiger partial charge on any atom is 0.416 e. The number of rotatable bonds is 6. The number of alkyl halides is 3. The van der Waals surface area contributed by atoms with Crippen LogP contribution >= 0.6 is 11.6 Å². The number of ether oxygens (including phenoxy) is 1. The summed E-state index contributed by atoms with van der Waals surface area (Å²) >= 11 is 5.69. The highest BCUT2D eigenvalue weighted by Crippen LogP contribution is 2.35. The Balaban J connectivity index is 2.37. The first-order chi connectivity index (χ1) is 12.6. The number of nitrogens with one attached hydrogen (secondary N) is 1. The van der Waals surface area contributed by atoms with Crippen molar-refractivity contribution in [1.82, 2.24) is 0 Å². The Morgan fingerprint density at radius 2 is 1.96 bits per heavy atom. The number of carbonyl (C=O) groups is 1. The number of carbonyl (C=O) groups excluding carboxylic acids is 1. The van der Waals surface area contributed by atoms with Crippen LogP contribution in [0.5, 0.6) is 5.75 Å². The standard InChI is InChI=1S/C17H14ClF3N2O4/c1-2-7-27-15-6-4-11(17(19,20)21)9-13(15)22-16(24)10-3-5-12(18)14(8-10)23(25)26/h3-6,8-9H,2,7H2,1H3,(H,22,24). The smallest absolute Gasteiger partial charge is 0.416 e. The Kier molecular flexibility index (Phi) is 6.27. The lowest BCUT2D eigenvalue weighted by Crippen LogP contribution is -2.15. The predicted molar refractivity (Wildman–Crippen MR) is 93.3 cm³/mol. The van der Waals surface area contributed by atoms with E-state index in [1.165, 1.54) is 6.07 Å². The van der Waals surface area contributed by atoms with Gasteiger partial charge in [-0.1, -0.05) is 18.5 Å². The lowest BCUT2D eigenvalue weighted by atomic mass is 10.1. The zero-order chi connectivity index (χ0) is 20.2. The van der Waals surface area contributed by atoms with Gasteiger partial charge in [0.15, 0.2) is 0 Å². The second-order valence-corrected chi connectivity index (χ2v) is 5.84. The molecule has 2 aromatic carbocycles. The number of hydrogen-bond donors (Lipinski definition) is 1. The van der Waals surface area contributed by atoms with Gasteiger partial charge in [-0.15, -0.1) is 0 Å². The molecule has 0 aliphatic rings. The Labute approximate surface area is 157 Å². The summed E-state index contributed by atoms with van der Waals surface area (Å²) in [7, 11) is 0. The number of nitro benzene ring substituents is 1. The third-order valence-corrected chi connectivity index (χ3v) is 3.74. The van der Waals surface area contributed by atoms with E-state index >= 15 is 0 Å². The highest BCUT2D eigenvalue weighted by molar-refractivity contribution is 6.32. The van der Waals surface area contributed by atoms with Crippen molar-refractivity contribution in [2.75, 3.05) is 11.9 Å². The Morgan fingerprint density at radius 3 is 2.56 bits per heavy atom. The summed E-state index contributed by atoms with van der Waals surface area (Å²) in [4.78, 5) is 22.5. The summed E-state index contributed by atoms with van der Waals surface area (Å²) in [6.45, 7) is 2.05. The molecule has 2 aromatic rings. The van der Waals surface area contributed by atoms with Crippen LogP contribution in [0.3, 0.4) is 0 Å². The first-order valence-corrected chi connectivity index (χ1v) is 8.10. The molecular formula is C17H14ClF3N2O4. The van der Waals surface area contributed by atoms with Crippen molar-refractivity contribution in [3.8, 4) is 5.75 Å². The topological polar surface area (TPSA) is 81.5 Å². The molecule has 1 amide bonds. The molecular weight excluding hydrogens is 389 g/mol.